The number of H-pyrrole nitrogens is 1. The molecule has 0 spiro atoms. The molecule has 3 N–H and O–H groups in total. The van der Waals surface area contributed by atoms with Crippen LogP contribution in [0.25, 0.3) is 11.1 Å². The van der Waals surface area contributed by atoms with E-state index in [4.69, 9.17) is 0 Å². The summed E-state index contributed by atoms with van der Waals surface area (Å²) in [6.45, 7) is 0. The largest absolute Gasteiger partial charge is 0.506 e. The van der Waals surface area contributed by atoms with Crippen LogP contribution in [0.3, 0.4) is 0 Å². The number of rotatable bonds is 4. The van der Waals surface area contributed by atoms with E-state index in [-0.39, 0.29) is 5.75 Å². The smallest absolute Gasteiger partial charge is 0.160 e. The Kier molecular flexibility index (Phi) is 3.70. The van der Waals surface area contributed by atoms with Gasteiger partial charge in [0.05, 0.1) is 5.69 Å². The topological polar surface area (TPSA) is 64.2 Å². The standard InChI is InChI=1S/C17H18N4O/c1-21(2)13-9-7-12(8-10-13)14-11-18-20-17(14)19-15-5-3-4-6-16(15)22/h3-11,22H,1-2H3,(H2,18,19,20). The Morgan fingerprint density at radius 3 is 2.45 bits per heavy atom. The lowest BCUT2D eigenvalue weighted by molar-refractivity contribution is 0.477. The van der Waals surface area contributed by atoms with E-state index in [1.165, 1.54) is 0 Å². The molecule has 2 aromatic carbocycles. The predicted octanol–water partition coefficient (Wildman–Crippen LogP) is 3.59. The van der Waals surface area contributed by atoms with E-state index < -0.39 is 0 Å². The van der Waals surface area contributed by atoms with E-state index in [1.807, 2.05) is 32.4 Å². The van der Waals surface area contributed by atoms with E-state index in [0.717, 1.165) is 16.8 Å². The van der Waals surface area contributed by atoms with Gasteiger partial charge in [-0.05, 0) is 29.8 Å². The normalized spacial score (nSPS) is 10.5. The van der Waals surface area contributed by atoms with Crippen LogP contribution in [0, 0.1) is 0 Å². The summed E-state index contributed by atoms with van der Waals surface area (Å²) in [5.74, 6) is 0.874. The van der Waals surface area contributed by atoms with Gasteiger partial charge in [0, 0.05) is 31.5 Å². The minimum Gasteiger partial charge on any atom is -0.506 e. The van der Waals surface area contributed by atoms with Crippen molar-refractivity contribution >= 4 is 17.2 Å². The first-order chi connectivity index (χ1) is 10.6. The predicted molar refractivity (Wildman–Crippen MR) is 89.7 cm³/mol. The van der Waals surface area contributed by atoms with Crippen LogP contribution < -0.4 is 10.2 Å². The third-order valence-corrected chi connectivity index (χ3v) is 3.49. The molecule has 0 aliphatic carbocycles. The van der Waals surface area contributed by atoms with E-state index in [0.29, 0.717) is 11.5 Å². The average molecular weight is 294 g/mol. The summed E-state index contributed by atoms with van der Waals surface area (Å²) in [5, 5.41) is 20.1. The van der Waals surface area contributed by atoms with Gasteiger partial charge < -0.3 is 15.3 Å². The van der Waals surface area contributed by atoms with Crippen LogP contribution in [-0.2, 0) is 0 Å². The van der Waals surface area contributed by atoms with Crippen LogP contribution in [0.1, 0.15) is 0 Å². The fraction of sp³-hybridized carbons (Fsp3) is 0.118. The molecule has 0 atom stereocenters. The molecule has 5 heteroatoms. The number of hydrogen-bond acceptors (Lipinski definition) is 4. The first-order valence-electron chi connectivity index (χ1n) is 7.01. The Balaban J connectivity index is 1.90. The fourth-order valence-electron chi connectivity index (χ4n) is 2.25. The van der Waals surface area contributed by atoms with Crippen molar-refractivity contribution < 1.29 is 5.11 Å². The van der Waals surface area contributed by atoms with Crippen LogP contribution in [0.15, 0.2) is 54.7 Å². The maximum absolute atomic E-state index is 9.86. The van der Waals surface area contributed by atoms with Crippen LogP contribution in [-0.4, -0.2) is 29.4 Å². The monoisotopic (exact) mass is 294 g/mol. The van der Waals surface area contributed by atoms with E-state index in [2.05, 4.69) is 44.7 Å². The molecule has 0 unspecified atom stereocenters. The highest BCUT2D eigenvalue weighted by atomic mass is 16.3. The van der Waals surface area contributed by atoms with E-state index >= 15 is 0 Å². The van der Waals surface area contributed by atoms with Crippen LogP contribution in [0.4, 0.5) is 17.2 Å². The number of phenols is 1. The summed E-state index contributed by atoms with van der Waals surface area (Å²) >= 11 is 0. The third kappa shape index (κ3) is 2.74. The molecular formula is C17H18N4O. The van der Waals surface area contributed by atoms with E-state index in [9.17, 15) is 5.11 Å². The van der Waals surface area contributed by atoms with E-state index in [1.54, 1.807) is 12.1 Å². The number of aromatic hydroxyl groups is 1. The molecule has 112 valence electrons. The number of benzene rings is 2. The summed E-state index contributed by atoms with van der Waals surface area (Å²) in [6.07, 6.45) is 1.84. The Morgan fingerprint density at radius 1 is 1.05 bits per heavy atom. The molecule has 5 nitrogen and oxygen atoms in total. The van der Waals surface area contributed by atoms with Gasteiger partial charge >= 0.3 is 0 Å². The Labute approximate surface area is 129 Å². The molecular weight excluding hydrogens is 276 g/mol. The van der Waals surface area contributed by atoms with Gasteiger partial charge in [0.15, 0.2) is 5.82 Å². The molecule has 0 aliphatic rings. The number of nitrogens with zero attached hydrogens (tertiary/aromatic N) is 2. The molecule has 0 saturated heterocycles. The number of nitrogens with one attached hydrogen (secondary N) is 2. The zero-order valence-electron chi connectivity index (χ0n) is 12.5. The van der Waals surface area contributed by atoms with Gasteiger partial charge in [-0.1, -0.05) is 24.3 Å². The van der Waals surface area contributed by atoms with Gasteiger partial charge in [-0.3, -0.25) is 5.10 Å². The minimum atomic E-state index is 0.194. The maximum Gasteiger partial charge on any atom is 0.160 e. The molecule has 1 heterocycles. The fourth-order valence-corrected chi connectivity index (χ4v) is 2.25. The number of para-hydroxylation sites is 2. The molecule has 0 fully saturated rings. The second kappa shape index (κ2) is 5.81. The highest BCUT2D eigenvalue weighted by Crippen LogP contribution is 2.32. The molecule has 0 aliphatic heterocycles. The van der Waals surface area contributed by atoms with Gasteiger partial charge in [-0.2, -0.15) is 5.10 Å². The molecule has 22 heavy (non-hydrogen) atoms. The van der Waals surface area contributed by atoms with Crippen molar-refractivity contribution in [3.63, 3.8) is 0 Å². The third-order valence-electron chi connectivity index (χ3n) is 3.49. The molecule has 0 amide bonds. The highest BCUT2D eigenvalue weighted by molar-refractivity contribution is 5.79. The van der Waals surface area contributed by atoms with Crippen molar-refractivity contribution in [1.82, 2.24) is 10.2 Å². The number of aromatic nitrogens is 2. The number of aromatic amines is 1. The summed E-state index contributed by atoms with van der Waals surface area (Å²) in [7, 11) is 4.02. The van der Waals surface area contributed by atoms with Gasteiger partial charge in [0.1, 0.15) is 5.75 Å². The Bertz CT molecular complexity index is 762. The second-order valence-corrected chi connectivity index (χ2v) is 5.23. The molecule has 3 rings (SSSR count). The maximum atomic E-state index is 9.86. The minimum absolute atomic E-state index is 0.194. The first kappa shape index (κ1) is 14.0. The van der Waals surface area contributed by atoms with Crippen LogP contribution in [0.5, 0.6) is 5.75 Å². The second-order valence-electron chi connectivity index (χ2n) is 5.23. The lowest BCUT2D eigenvalue weighted by Crippen LogP contribution is -2.07. The van der Waals surface area contributed by atoms with Gasteiger partial charge in [-0.15, -0.1) is 0 Å². The number of anilines is 3. The summed E-state index contributed by atoms with van der Waals surface area (Å²) in [4.78, 5) is 2.06. The Hall–Kier alpha value is -2.95. The lowest BCUT2D eigenvalue weighted by atomic mass is 10.1. The first-order valence-corrected chi connectivity index (χ1v) is 7.01. The van der Waals surface area contributed by atoms with Crippen molar-refractivity contribution in [2.24, 2.45) is 0 Å². The van der Waals surface area contributed by atoms with Gasteiger partial charge in [0.2, 0.25) is 0 Å². The molecule has 0 radical (unpaired) electrons. The van der Waals surface area contributed by atoms with Crippen molar-refractivity contribution in [3.05, 3.63) is 54.7 Å². The summed E-state index contributed by atoms with van der Waals surface area (Å²) < 4.78 is 0. The van der Waals surface area contributed by atoms with Gasteiger partial charge in [-0.25, -0.2) is 0 Å². The Morgan fingerprint density at radius 2 is 1.77 bits per heavy atom. The summed E-state index contributed by atoms with van der Waals surface area (Å²) in [5.41, 5.74) is 3.77. The molecule has 3 aromatic rings. The highest BCUT2D eigenvalue weighted by Gasteiger charge is 2.10. The van der Waals surface area contributed by atoms with Crippen LogP contribution >= 0.6 is 0 Å². The number of hydrogen-bond donors (Lipinski definition) is 3. The molecule has 1 aromatic heterocycles. The van der Waals surface area contributed by atoms with Crippen molar-refractivity contribution in [2.45, 2.75) is 0 Å². The SMILES string of the molecule is CN(C)c1ccc(-c2c[nH]nc2Nc2ccccc2O)cc1. The summed E-state index contributed by atoms with van der Waals surface area (Å²) in [6, 6.07) is 15.3. The zero-order chi connectivity index (χ0) is 15.5. The quantitative estimate of drug-likeness (QED) is 0.643. The van der Waals surface area contributed by atoms with Crippen LogP contribution in [0.2, 0.25) is 0 Å². The van der Waals surface area contributed by atoms with Crippen molar-refractivity contribution in [3.8, 4) is 16.9 Å². The van der Waals surface area contributed by atoms with Crippen molar-refractivity contribution in [1.29, 1.82) is 0 Å². The number of phenolic OH excluding ortho intramolecular Hbond substituents is 1. The van der Waals surface area contributed by atoms with Gasteiger partial charge in [0.25, 0.3) is 0 Å². The lowest BCUT2D eigenvalue weighted by Gasteiger charge is -2.13. The van der Waals surface area contributed by atoms with Crippen molar-refractivity contribution in [2.75, 3.05) is 24.3 Å². The average Bonchev–Trinajstić information content (AvgIpc) is 2.98. The molecule has 0 bridgehead atoms. The molecule has 0 saturated carbocycles. The zero-order valence-corrected chi connectivity index (χ0v) is 12.5.